The molecule has 0 aliphatic heterocycles. The van der Waals surface area contributed by atoms with Gasteiger partial charge in [-0.05, 0) is 49.9 Å². The topological polar surface area (TPSA) is 47.6 Å². The quantitative estimate of drug-likeness (QED) is 0.787. The fraction of sp³-hybridized carbons (Fsp3) is 0.632. The number of nitrogens with one attached hydrogen (secondary N) is 1. The van der Waals surface area contributed by atoms with Gasteiger partial charge in [-0.15, -0.1) is 0 Å². The van der Waals surface area contributed by atoms with Gasteiger partial charge < -0.3 is 14.8 Å². The molecule has 4 nitrogen and oxygen atoms in total. The second-order valence-corrected chi connectivity index (χ2v) is 6.40. The molecule has 1 aliphatic rings. The Balaban J connectivity index is 2.07. The third kappa shape index (κ3) is 4.47. The van der Waals surface area contributed by atoms with Gasteiger partial charge in [0.25, 0.3) is 5.91 Å². The Bertz CT molecular complexity index is 519. The Morgan fingerprint density at radius 2 is 1.91 bits per heavy atom. The maximum Gasteiger partial charge on any atom is 0.256 e. The largest absolute Gasteiger partial charge is 0.493 e. The van der Waals surface area contributed by atoms with Crippen LogP contribution in [0.25, 0.3) is 0 Å². The molecule has 0 atom stereocenters. The molecule has 0 aromatic heterocycles. The predicted molar refractivity (Wildman–Crippen MR) is 93.0 cm³/mol. The van der Waals surface area contributed by atoms with Gasteiger partial charge in [-0.25, -0.2) is 0 Å². The minimum atomic E-state index is -0.679. The molecule has 0 heterocycles. The molecule has 1 amide bonds. The Morgan fingerprint density at radius 1 is 1.22 bits per heavy atom. The van der Waals surface area contributed by atoms with Crippen LogP contribution >= 0.6 is 0 Å². The van der Waals surface area contributed by atoms with Crippen LogP contribution in [0.3, 0.4) is 0 Å². The number of carbonyl (C=O) groups excluding carboxylic acids is 1. The predicted octanol–water partition coefficient (Wildman–Crippen LogP) is 4.46. The van der Waals surface area contributed by atoms with E-state index >= 15 is 0 Å². The van der Waals surface area contributed by atoms with Crippen LogP contribution < -0.4 is 10.1 Å². The molecule has 23 heavy (non-hydrogen) atoms. The summed E-state index contributed by atoms with van der Waals surface area (Å²) < 4.78 is 11.3. The molecule has 2 rings (SSSR count). The summed E-state index contributed by atoms with van der Waals surface area (Å²) in [6, 6.07) is 5.78. The van der Waals surface area contributed by atoms with Crippen LogP contribution in [0.2, 0.25) is 0 Å². The smallest absolute Gasteiger partial charge is 0.256 e. The zero-order valence-corrected chi connectivity index (χ0v) is 14.6. The summed E-state index contributed by atoms with van der Waals surface area (Å²) in [5.41, 5.74) is 1.16. The van der Waals surface area contributed by atoms with E-state index in [4.69, 9.17) is 9.47 Å². The van der Waals surface area contributed by atoms with Gasteiger partial charge >= 0.3 is 0 Å². The second kappa shape index (κ2) is 8.34. The van der Waals surface area contributed by atoms with E-state index in [1.54, 1.807) is 7.11 Å². The van der Waals surface area contributed by atoms with Gasteiger partial charge in [0.1, 0.15) is 11.4 Å². The Morgan fingerprint density at radius 3 is 2.48 bits per heavy atom. The maximum atomic E-state index is 12.8. The zero-order valence-electron chi connectivity index (χ0n) is 14.6. The highest BCUT2D eigenvalue weighted by Crippen LogP contribution is 2.32. The molecule has 4 heteroatoms. The van der Waals surface area contributed by atoms with Crippen molar-refractivity contribution in [2.75, 3.05) is 19.0 Å². The highest BCUT2D eigenvalue weighted by molar-refractivity contribution is 5.97. The van der Waals surface area contributed by atoms with E-state index in [0.29, 0.717) is 6.61 Å². The molecule has 1 N–H and O–H groups in total. The standard InChI is InChI=1S/C19H29NO3/c1-4-13-23-17-10-9-16(14-15(17)2)20-18(21)19(22-3)11-7-5-6-8-12-19/h9-10,14H,4-8,11-13H2,1-3H3,(H,20,21). The molecule has 0 radical (unpaired) electrons. The minimum absolute atomic E-state index is 0.0245. The average molecular weight is 319 g/mol. The Hall–Kier alpha value is -1.55. The van der Waals surface area contributed by atoms with E-state index in [1.807, 2.05) is 25.1 Å². The van der Waals surface area contributed by atoms with Gasteiger partial charge in [0.15, 0.2) is 0 Å². The van der Waals surface area contributed by atoms with E-state index in [1.165, 1.54) is 12.8 Å². The number of carbonyl (C=O) groups is 1. The third-order valence-corrected chi connectivity index (χ3v) is 4.61. The lowest BCUT2D eigenvalue weighted by molar-refractivity contribution is -0.139. The van der Waals surface area contributed by atoms with Crippen molar-refractivity contribution in [2.24, 2.45) is 0 Å². The molecule has 0 unspecified atom stereocenters. The van der Waals surface area contributed by atoms with Crippen molar-refractivity contribution in [3.63, 3.8) is 0 Å². The van der Waals surface area contributed by atoms with Gasteiger partial charge in [0.2, 0.25) is 0 Å². The van der Waals surface area contributed by atoms with Crippen LogP contribution in [-0.4, -0.2) is 25.2 Å². The first-order valence-electron chi connectivity index (χ1n) is 8.71. The number of anilines is 1. The van der Waals surface area contributed by atoms with Crippen molar-refractivity contribution >= 4 is 11.6 Å². The van der Waals surface area contributed by atoms with Gasteiger partial charge in [-0.2, -0.15) is 0 Å². The minimum Gasteiger partial charge on any atom is -0.493 e. The molecule has 1 aromatic rings. The van der Waals surface area contributed by atoms with Crippen molar-refractivity contribution in [1.29, 1.82) is 0 Å². The number of rotatable bonds is 6. The Labute approximate surface area is 139 Å². The lowest BCUT2D eigenvalue weighted by Gasteiger charge is -2.30. The van der Waals surface area contributed by atoms with Gasteiger partial charge in [0.05, 0.1) is 6.61 Å². The number of ether oxygens (including phenoxy) is 2. The van der Waals surface area contributed by atoms with E-state index in [2.05, 4.69) is 12.2 Å². The number of aryl methyl sites for hydroxylation is 1. The monoisotopic (exact) mass is 319 g/mol. The molecule has 1 saturated carbocycles. The van der Waals surface area contributed by atoms with Gasteiger partial charge in [-0.1, -0.05) is 32.6 Å². The highest BCUT2D eigenvalue weighted by atomic mass is 16.5. The van der Waals surface area contributed by atoms with Crippen LogP contribution in [0.15, 0.2) is 18.2 Å². The summed E-state index contributed by atoms with van der Waals surface area (Å²) in [6.07, 6.45) is 7.03. The lowest BCUT2D eigenvalue weighted by Crippen LogP contribution is -2.44. The fourth-order valence-corrected chi connectivity index (χ4v) is 3.17. The van der Waals surface area contributed by atoms with Crippen LogP contribution in [0.5, 0.6) is 5.75 Å². The normalized spacial score (nSPS) is 17.3. The Kier molecular flexibility index (Phi) is 6.46. The van der Waals surface area contributed by atoms with E-state index in [-0.39, 0.29) is 5.91 Å². The summed E-state index contributed by atoms with van der Waals surface area (Å²) in [6.45, 7) is 4.79. The van der Waals surface area contributed by atoms with Crippen molar-refractivity contribution in [1.82, 2.24) is 0 Å². The van der Waals surface area contributed by atoms with E-state index in [0.717, 1.165) is 49.1 Å². The summed E-state index contributed by atoms with van der Waals surface area (Å²) in [4.78, 5) is 12.8. The van der Waals surface area contributed by atoms with Crippen LogP contribution in [0, 0.1) is 6.92 Å². The SMILES string of the molecule is CCCOc1ccc(NC(=O)C2(OC)CCCCCC2)cc1C. The number of hydrogen-bond acceptors (Lipinski definition) is 3. The molecular weight excluding hydrogens is 290 g/mol. The van der Waals surface area contributed by atoms with Crippen LogP contribution in [-0.2, 0) is 9.53 Å². The summed E-state index contributed by atoms with van der Waals surface area (Å²) in [7, 11) is 1.65. The molecular formula is C19H29NO3. The van der Waals surface area contributed by atoms with Crippen molar-refractivity contribution in [3.05, 3.63) is 23.8 Å². The van der Waals surface area contributed by atoms with Crippen LogP contribution in [0.1, 0.15) is 57.4 Å². The number of hydrogen-bond donors (Lipinski definition) is 1. The lowest BCUT2D eigenvalue weighted by atomic mass is 9.93. The molecule has 0 saturated heterocycles. The zero-order chi connectivity index (χ0) is 16.7. The molecule has 0 spiro atoms. The van der Waals surface area contributed by atoms with Crippen molar-refractivity contribution < 1.29 is 14.3 Å². The van der Waals surface area contributed by atoms with E-state index in [9.17, 15) is 4.79 Å². The highest BCUT2D eigenvalue weighted by Gasteiger charge is 2.38. The molecule has 1 fully saturated rings. The van der Waals surface area contributed by atoms with Crippen molar-refractivity contribution in [3.8, 4) is 5.75 Å². The number of amides is 1. The van der Waals surface area contributed by atoms with Crippen molar-refractivity contribution in [2.45, 2.75) is 64.4 Å². The second-order valence-electron chi connectivity index (χ2n) is 6.40. The first-order valence-corrected chi connectivity index (χ1v) is 8.71. The first kappa shape index (κ1) is 17.8. The first-order chi connectivity index (χ1) is 11.1. The molecule has 0 bridgehead atoms. The third-order valence-electron chi connectivity index (χ3n) is 4.61. The van der Waals surface area contributed by atoms with E-state index < -0.39 is 5.60 Å². The number of benzene rings is 1. The molecule has 1 aliphatic carbocycles. The number of methoxy groups -OCH3 is 1. The summed E-state index contributed by atoms with van der Waals surface area (Å²) in [5, 5.41) is 3.04. The summed E-state index contributed by atoms with van der Waals surface area (Å²) in [5.74, 6) is 0.851. The average Bonchev–Trinajstić information content (AvgIpc) is 2.80. The van der Waals surface area contributed by atoms with Crippen LogP contribution in [0.4, 0.5) is 5.69 Å². The summed E-state index contributed by atoms with van der Waals surface area (Å²) >= 11 is 0. The molecule has 1 aromatic carbocycles. The van der Waals surface area contributed by atoms with Gasteiger partial charge in [0, 0.05) is 12.8 Å². The molecule has 128 valence electrons. The fourth-order valence-electron chi connectivity index (χ4n) is 3.17. The maximum absolute atomic E-state index is 12.8. The van der Waals surface area contributed by atoms with Gasteiger partial charge in [-0.3, -0.25) is 4.79 Å².